The third-order valence-corrected chi connectivity index (χ3v) is 2.62. The minimum Gasteiger partial charge on any atom is -0.491 e. The van der Waals surface area contributed by atoms with Crippen molar-refractivity contribution >= 4 is 0 Å². The first-order chi connectivity index (χ1) is 8.20. The number of aromatic nitrogens is 4. The Kier molecular flexibility index (Phi) is 3.37. The lowest BCUT2D eigenvalue weighted by molar-refractivity contribution is 0.217. The van der Waals surface area contributed by atoms with E-state index in [1.54, 1.807) is 4.68 Å². The summed E-state index contributed by atoms with van der Waals surface area (Å²) in [6.45, 7) is 6.02. The van der Waals surface area contributed by atoms with Crippen molar-refractivity contribution in [2.75, 3.05) is 0 Å². The van der Waals surface area contributed by atoms with Crippen LogP contribution in [0.5, 0.6) is 5.75 Å². The lowest BCUT2D eigenvalue weighted by Gasteiger charge is -2.12. The van der Waals surface area contributed by atoms with Crippen LogP contribution in [0.2, 0.25) is 0 Å². The van der Waals surface area contributed by atoms with Crippen molar-refractivity contribution in [1.29, 1.82) is 0 Å². The third-order valence-electron chi connectivity index (χ3n) is 2.62. The minimum absolute atomic E-state index is 0.232. The van der Waals surface area contributed by atoms with E-state index in [9.17, 15) is 0 Å². The Hall–Kier alpha value is -1.91. The topological polar surface area (TPSA) is 52.8 Å². The maximum absolute atomic E-state index is 5.71. The molecular weight excluding hydrogens is 216 g/mol. The Morgan fingerprint density at radius 2 is 2.00 bits per heavy atom. The molecule has 17 heavy (non-hydrogen) atoms. The van der Waals surface area contributed by atoms with Crippen LogP contribution in [0.15, 0.2) is 24.3 Å². The predicted octanol–water partition coefficient (Wildman–Crippen LogP) is 2.15. The second-order valence-corrected chi connectivity index (χ2v) is 3.97. The van der Waals surface area contributed by atoms with Gasteiger partial charge in [-0.15, -0.1) is 5.10 Å². The average Bonchev–Trinajstić information content (AvgIpc) is 2.76. The molecule has 0 bridgehead atoms. The molecular formula is C12H16N4O. The SMILES string of the molecule is CCC(C)Oc1ccc(-n2nnnc2C)cc1. The number of hydrogen-bond donors (Lipinski definition) is 0. The fourth-order valence-electron chi connectivity index (χ4n) is 1.45. The summed E-state index contributed by atoms with van der Waals surface area (Å²) in [7, 11) is 0. The zero-order chi connectivity index (χ0) is 12.3. The predicted molar refractivity (Wildman–Crippen MR) is 64.3 cm³/mol. The first-order valence-corrected chi connectivity index (χ1v) is 5.72. The second-order valence-electron chi connectivity index (χ2n) is 3.97. The van der Waals surface area contributed by atoms with Crippen molar-refractivity contribution in [2.45, 2.75) is 33.3 Å². The van der Waals surface area contributed by atoms with Gasteiger partial charge in [-0.3, -0.25) is 0 Å². The van der Waals surface area contributed by atoms with Gasteiger partial charge in [0.05, 0.1) is 11.8 Å². The van der Waals surface area contributed by atoms with Gasteiger partial charge in [0, 0.05) is 0 Å². The summed E-state index contributed by atoms with van der Waals surface area (Å²) in [5.41, 5.74) is 0.934. The van der Waals surface area contributed by atoms with E-state index in [0.717, 1.165) is 23.7 Å². The monoisotopic (exact) mass is 232 g/mol. The van der Waals surface area contributed by atoms with E-state index < -0.39 is 0 Å². The van der Waals surface area contributed by atoms with Gasteiger partial charge in [0.1, 0.15) is 5.75 Å². The Bertz CT molecular complexity index is 478. The van der Waals surface area contributed by atoms with Crippen LogP contribution in [0, 0.1) is 6.92 Å². The Morgan fingerprint density at radius 1 is 1.29 bits per heavy atom. The molecule has 0 amide bonds. The van der Waals surface area contributed by atoms with Gasteiger partial charge in [-0.25, -0.2) is 0 Å². The molecule has 0 fully saturated rings. The van der Waals surface area contributed by atoms with E-state index in [2.05, 4.69) is 29.4 Å². The smallest absolute Gasteiger partial charge is 0.153 e. The zero-order valence-corrected chi connectivity index (χ0v) is 10.3. The van der Waals surface area contributed by atoms with Crippen LogP contribution in [0.1, 0.15) is 26.1 Å². The summed E-state index contributed by atoms with van der Waals surface area (Å²) in [6.07, 6.45) is 1.23. The highest BCUT2D eigenvalue weighted by molar-refractivity contribution is 5.36. The number of tetrazole rings is 1. The van der Waals surface area contributed by atoms with Crippen LogP contribution in [-0.4, -0.2) is 26.3 Å². The maximum Gasteiger partial charge on any atom is 0.153 e. The minimum atomic E-state index is 0.232. The van der Waals surface area contributed by atoms with Gasteiger partial charge in [0.25, 0.3) is 0 Å². The van der Waals surface area contributed by atoms with Crippen LogP contribution < -0.4 is 4.74 Å². The quantitative estimate of drug-likeness (QED) is 0.810. The molecule has 1 heterocycles. The molecule has 5 nitrogen and oxygen atoms in total. The van der Waals surface area contributed by atoms with Crippen LogP contribution in [0.3, 0.4) is 0 Å². The van der Waals surface area contributed by atoms with Gasteiger partial charge < -0.3 is 4.74 Å². The molecule has 0 N–H and O–H groups in total. The van der Waals surface area contributed by atoms with E-state index in [1.807, 2.05) is 31.2 Å². The molecule has 1 atom stereocenters. The summed E-state index contributed by atoms with van der Waals surface area (Å²) in [5.74, 6) is 1.63. The largest absolute Gasteiger partial charge is 0.491 e. The Labute approximate surface area is 100 Å². The third kappa shape index (κ3) is 2.61. The molecule has 2 aromatic rings. The van der Waals surface area contributed by atoms with Crippen molar-refractivity contribution < 1.29 is 4.74 Å². The highest BCUT2D eigenvalue weighted by Gasteiger charge is 2.04. The van der Waals surface area contributed by atoms with Crippen molar-refractivity contribution in [1.82, 2.24) is 20.2 Å². The van der Waals surface area contributed by atoms with Gasteiger partial charge in [-0.1, -0.05) is 6.92 Å². The lowest BCUT2D eigenvalue weighted by Crippen LogP contribution is -2.09. The van der Waals surface area contributed by atoms with Gasteiger partial charge in [-0.05, 0) is 55.0 Å². The van der Waals surface area contributed by atoms with Crippen LogP contribution in [0.25, 0.3) is 5.69 Å². The van der Waals surface area contributed by atoms with Crippen LogP contribution in [-0.2, 0) is 0 Å². The second kappa shape index (κ2) is 4.95. The first-order valence-electron chi connectivity index (χ1n) is 5.72. The zero-order valence-electron chi connectivity index (χ0n) is 10.3. The number of aryl methyl sites for hydroxylation is 1. The van der Waals surface area contributed by atoms with Gasteiger partial charge in [-0.2, -0.15) is 4.68 Å². The number of nitrogens with zero attached hydrogens (tertiary/aromatic N) is 4. The molecule has 5 heteroatoms. The van der Waals surface area contributed by atoms with Crippen molar-refractivity contribution in [3.05, 3.63) is 30.1 Å². The Balaban J connectivity index is 2.16. The standard InChI is InChI=1S/C12H16N4O/c1-4-9(2)17-12-7-5-11(6-8-12)16-10(3)13-14-15-16/h5-9H,4H2,1-3H3. The highest BCUT2D eigenvalue weighted by Crippen LogP contribution is 2.17. The number of benzene rings is 1. The highest BCUT2D eigenvalue weighted by atomic mass is 16.5. The van der Waals surface area contributed by atoms with Gasteiger partial charge >= 0.3 is 0 Å². The molecule has 0 saturated heterocycles. The number of rotatable bonds is 4. The summed E-state index contributed by atoms with van der Waals surface area (Å²) < 4.78 is 7.39. The normalized spacial score (nSPS) is 12.4. The molecule has 1 aromatic heterocycles. The summed E-state index contributed by atoms with van der Waals surface area (Å²) >= 11 is 0. The fourth-order valence-corrected chi connectivity index (χ4v) is 1.45. The molecule has 0 aliphatic carbocycles. The molecule has 0 aliphatic rings. The summed E-state index contributed by atoms with van der Waals surface area (Å²) in [4.78, 5) is 0. The van der Waals surface area contributed by atoms with Crippen LogP contribution >= 0.6 is 0 Å². The first kappa shape index (κ1) is 11.6. The summed E-state index contributed by atoms with van der Waals surface area (Å²) in [6, 6.07) is 7.76. The maximum atomic E-state index is 5.71. The average molecular weight is 232 g/mol. The molecule has 90 valence electrons. The molecule has 0 spiro atoms. The van der Waals surface area contributed by atoms with E-state index in [0.29, 0.717) is 0 Å². The van der Waals surface area contributed by atoms with E-state index in [4.69, 9.17) is 4.74 Å². The van der Waals surface area contributed by atoms with Gasteiger partial charge in [0.2, 0.25) is 0 Å². The van der Waals surface area contributed by atoms with E-state index >= 15 is 0 Å². The van der Waals surface area contributed by atoms with Crippen molar-refractivity contribution in [2.24, 2.45) is 0 Å². The molecule has 0 aliphatic heterocycles. The number of hydrogen-bond acceptors (Lipinski definition) is 4. The molecule has 1 aromatic carbocycles. The van der Waals surface area contributed by atoms with Crippen molar-refractivity contribution in [3.8, 4) is 11.4 Å². The number of ether oxygens (including phenoxy) is 1. The lowest BCUT2D eigenvalue weighted by atomic mass is 10.3. The van der Waals surface area contributed by atoms with Crippen molar-refractivity contribution in [3.63, 3.8) is 0 Å². The van der Waals surface area contributed by atoms with Gasteiger partial charge in [0.15, 0.2) is 5.82 Å². The van der Waals surface area contributed by atoms with E-state index in [1.165, 1.54) is 0 Å². The molecule has 1 unspecified atom stereocenters. The Morgan fingerprint density at radius 3 is 2.53 bits per heavy atom. The molecule has 2 rings (SSSR count). The fraction of sp³-hybridized carbons (Fsp3) is 0.417. The van der Waals surface area contributed by atoms with Crippen LogP contribution in [0.4, 0.5) is 0 Å². The van der Waals surface area contributed by atoms with E-state index in [-0.39, 0.29) is 6.10 Å². The molecule has 0 radical (unpaired) electrons. The summed E-state index contributed by atoms with van der Waals surface area (Å²) in [5, 5.41) is 11.4. The molecule has 0 saturated carbocycles.